The molecule has 7 heteroatoms. The fourth-order valence-corrected chi connectivity index (χ4v) is 3.85. The smallest absolute Gasteiger partial charge is 0.436 e. The van der Waals surface area contributed by atoms with E-state index in [-0.39, 0.29) is 18.6 Å². The Morgan fingerprint density at radius 2 is 2.26 bits per heavy atom. The molecular weight excluding hydrogens is 322 g/mol. The van der Waals surface area contributed by atoms with Crippen LogP contribution in [0.15, 0.2) is 23.2 Å². The standard InChI is InChI=1S/C16H18F2N2O2S/c1-3-22-16(21)19-15(23-2)20-8-9-6-11(9)14(20)12-7-10(17)4-5-13(12)18/h4-5,7,9,11,14H,3,6,8H2,1-2H3. The minimum absolute atomic E-state index is 0.247. The Kier molecular flexibility index (Phi) is 4.57. The van der Waals surface area contributed by atoms with Gasteiger partial charge in [-0.25, -0.2) is 13.6 Å². The van der Waals surface area contributed by atoms with E-state index in [1.807, 2.05) is 4.90 Å². The molecule has 1 aromatic rings. The number of aliphatic imine (C=N–C) groups is 1. The van der Waals surface area contributed by atoms with E-state index in [0.717, 1.165) is 18.6 Å². The number of benzene rings is 1. The molecule has 3 rings (SSSR count). The number of ether oxygens (including phenoxy) is 1. The Bertz CT molecular complexity index is 653. The summed E-state index contributed by atoms with van der Waals surface area (Å²) in [6.45, 7) is 2.66. The Morgan fingerprint density at radius 1 is 1.48 bits per heavy atom. The third kappa shape index (κ3) is 3.20. The zero-order valence-electron chi connectivity index (χ0n) is 13.0. The second-order valence-corrected chi connectivity index (χ2v) is 6.49. The third-order valence-corrected chi connectivity index (χ3v) is 5.00. The molecule has 3 unspecified atom stereocenters. The van der Waals surface area contributed by atoms with Crippen molar-refractivity contribution < 1.29 is 18.3 Å². The molecule has 0 spiro atoms. The minimum Gasteiger partial charge on any atom is -0.448 e. The van der Waals surface area contributed by atoms with Gasteiger partial charge in [0, 0.05) is 12.1 Å². The van der Waals surface area contributed by atoms with Crippen LogP contribution in [-0.2, 0) is 4.74 Å². The largest absolute Gasteiger partial charge is 0.448 e. The number of hydrogen-bond donors (Lipinski definition) is 0. The van der Waals surface area contributed by atoms with Crippen molar-refractivity contribution in [2.75, 3.05) is 19.4 Å². The van der Waals surface area contributed by atoms with Crippen molar-refractivity contribution in [3.05, 3.63) is 35.4 Å². The molecule has 1 heterocycles. The number of piperidine rings is 1. The zero-order valence-corrected chi connectivity index (χ0v) is 13.8. The molecule has 124 valence electrons. The first-order chi connectivity index (χ1) is 11.0. The molecule has 0 aromatic heterocycles. The minimum atomic E-state index is -0.657. The molecule has 0 radical (unpaired) electrons. The molecule has 1 saturated heterocycles. The van der Waals surface area contributed by atoms with Gasteiger partial charge in [0.2, 0.25) is 0 Å². The number of rotatable bonds is 2. The molecule has 1 aromatic carbocycles. The monoisotopic (exact) mass is 340 g/mol. The maximum absolute atomic E-state index is 14.2. The van der Waals surface area contributed by atoms with E-state index in [1.165, 1.54) is 17.8 Å². The molecule has 1 amide bonds. The lowest BCUT2D eigenvalue weighted by Gasteiger charge is -2.30. The second-order valence-electron chi connectivity index (χ2n) is 5.72. The SMILES string of the molecule is CCOC(=O)N=C(SC)N1CC2CC2C1c1cc(F)ccc1F. The number of carbonyl (C=O) groups is 1. The first kappa shape index (κ1) is 16.2. The van der Waals surface area contributed by atoms with Crippen LogP contribution in [0.5, 0.6) is 0 Å². The fourth-order valence-electron chi connectivity index (χ4n) is 3.26. The normalized spacial score (nSPS) is 26.2. The van der Waals surface area contributed by atoms with Crippen molar-refractivity contribution in [3.63, 3.8) is 0 Å². The van der Waals surface area contributed by atoms with Crippen molar-refractivity contribution in [2.24, 2.45) is 16.8 Å². The number of amidine groups is 1. The summed E-state index contributed by atoms with van der Waals surface area (Å²) in [5, 5.41) is 0.490. The molecule has 2 aliphatic rings. The summed E-state index contributed by atoms with van der Waals surface area (Å²) in [7, 11) is 0. The fraction of sp³-hybridized carbons (Fsp3) is 0.500. The highest BCUT2D eigenvalue weighted by molar-refractivity contribution is 8.13. The van der Waals surface area contributed by atoms with Crippen LogP contribution in [0.4, 0.5) is 13.6 Å². The molecule has 1 aliphatic carbocycles. The van der Waals surface area contributed by atoms with Gasteiger partial charge in [-0.1, -0.05) is 11.8 Å². The third-order valence-electron chi connectivity index (χ3n) is 4.31. The quantitative estimate of drug-likeness (QED) is 0.606. The van der Waals surface area contributed by atoms with E-state index < -0.39 is 17.7 Å². The van der Waals surface area contributed by atoms with Crippen molar-refractivity contribution in [3.8, 4) is 0 Å². The molecule has 2 fully saturated rings. The van der Waals surface area contributed by atoms with Crippen molar-refractivity contribution in [1.82, 2.24) is 4.90 Å². The number of carbonyl (C=O) groups excluding carboxylic acids is 1. The van der Waals surface area contributed by atoms with Gasteiger partial charge in [-0.3, -0.25) is 0 Å². The Morgan fingerprint density at radius 3 is 2.96 bits per heavy atom. The number of amides is 1. The van der Waals surface area contributed by atoms with Crippen LogP contribution >= 0.6 is 11.8 Å². The number of fused-ring (bicyclic) bond motifs is 1. The number of likely N-dealkylation sites (tertiary alicyclic amines) is 1. The molecule has 23 heavy (non-hydrogen) atoms. The average molecular weight is 340 g/mol. The van der Waals surface area contributed by atoms with E-state index in [4.69, 9.17) is 4.74 Å². The summed E-state index contributed by atoms with van der Waals surface area (Å²) in [6, 6.07) is 3.23. The van der Waals surface area contributed by atoms with Crippen LogP contribution < -0.4 is 0 Å². The van der Waals surface area contributed by atoms with Gasteiger partial charge in [0.25, 0.3) is 0 Å². The predicted molar refractivity (Wildman–Crippen MR) is 85.4 cm³/mol. The number of halogens is 2. The lowest BCUT2D eigenvalue weighted by Crippen LogP contribution is -2.32. The number of nitrogens with zero attached hydrogens (tertiary/aromatic N) is 2. The molecule has 4 nitrogen and oxygen atoms in total. The van der Waals surface area contributed by atoms with Crippen molar-refractivity contribution in [1.29, 1.82) is 0 Å². The van der Waals surface area contributed by atoms with Crippen LogP contribution in [0.25, 0.3) is 0 Å². The van der Waals surface area contributed by atoms with Crippen molar-refractivity contribution >= 4 is 23.0 Å². The summed E-state index contributed by atoms with van der Waals surface area (Å²) in [6.07, 6.45) is 2.15. The highest BCUT2D eigenvalue weighted by atomic mass is 32.2. The van der Waals surface area contributed by atoms with E-state index in [1.54, 1.807) is 13.2 Å². The highest BCUT2D eigenvalue weighted by Gasteiger charge is 2.54. The van der Waals surface area contributed by atoms with Gasteiger partial charge in [-0.15, -0.1) is 0 Å². The molecular formula is C16H18F2N2O2S. The van der Waals surface area contributed by atoms with E-state index in [9.17, 15) is 13.6 Å². The Hall–Kier alpha value is -1.63. The van der Waals surface area contributed by atoms with Crippen LogP contribution in [0.3, 0.4) is 0 Å². The summed E-state index contributed by atoms with van der Waals surface area (Å²) in [5.74, 6) is -0.155. The van der Waals surface area contributed by atoms with Gasteiger partial charge in [0.05, 0.1) is 12.6 Å². The van der Waals surface area contributed by atoms with E-state index in [2.05, 4.69) is 4.99 Å². The van der Waals surface area contributed by atoms with Gasteiger partial charge in [-0.05, 0) is 49.6 Å². The van der Waals surface area contributed by atoms with Crippen LogP contribution in [0.2, 0.25) is 0 Å². The summed E-state index contributed by atoms with van der Waals surface area (Å²) >= 11 is 1.31. The molecule has 0 bridgehead atoms. The Labute approximate surface area is 137 Å². The number of hydrogen-bond acceptors (Lipinski definition) is 3. The molecule has 0 N–H and O–H groups in total. The zero-order chi connectivity index (χ0) is 16.6. The van der Waals surface area contributed by atoms with E-state index in [0.29, 0.717) is 23.2 Å². The van der Waals surface area contributed by atoms with E-state index >= 15 is 0 Å². The maximum Gasteiger partial charge on any atom is 0.436 e. The summed E-state index contributed by atoms with van der Waals surface area (Å²) in [4.78, 5) is 17.5. The molecule has 1 saturated carbocycles. The summed E-state index contributed by atoms with van der Waals surface area (Å²) < 4.78 is 32.6. The van der Waals surface area contributed by atoms with Crippen LogP contribution in [-0.4, -0.2) is 35.6 Å². The first-order valence-corrected chi connectivity index (χ1v) is 8.78. The van der Waals surface area contributed by atoms with Gasteiger partial charge < -0.3 is 9.64 Å². The summed E-state index contributed by atoms with van der Waals surface area (Å²) in [5.41, 5.74) is 0.334. The lowest BCUT2D eigenvalue weighted by atomic mass is 10.0. The lowest BCUT2D eigenvalue weighted by molar-refractivity contribution is 0.163. The van der Waals surface area contributed by atoms with Gasteiger partial charge in [0.1, 0.15) is 11.6 Å². The maximum atomic E-state index is 14.2. The first-order valence-electron chi connectivity index (χ1n) is 7.56. The van der Waals surface area contributed by atoms with Crippen LogP contribution in [0.1, 0.15) is 24.9 Å². The second kappa shape index (κ2) is 6.47. The average Bonchev–Trinajstić information content (AvgIpc) is 3.19. The topological polar surface area (TPSA) is 41.9 Å². The highest BCUT2D eigenvalue weighted by Crippen LogP contribution is 2.57. The molecule has 3 atom stereocenters. The van der Waals surface area contributed by atoms with Crippen LogP contribution in [0, 0.1) is 23.5 Å². The Balaban J connectivity index is 1.92. The van der Waals surface area contributed by atoms with Gasteiger partial charge in [0.15, 0.2) is 5.17 Å². The predicted octanol–water partition coefficient (Wildman–Crippen LogP) is 3.83. The van der Waals surface area contributed by atoms with Crippen molar-refractivity contribution in [2.45, 2.75) is 19.4 Å². The van der Waals surface area contributed by atoms with Gasteiger partial charge >= 0.3 is 6.09 Å². The molecule has 1 aliphatic heterocycles. The number of thioether (sulfide) groups is 1. The van der Waals surface area contributed by atoms with Gasteiger partial charge in [-0.2, -0.15) is 4.99 Å².